The van der Waals surface area contributed by atoms with Crippen LogP contribution in [0.5, 0.6) is 0 Å². The fraction of sp³-hybridized carbons (Fsp3) is 0.500. The van der Waals surface area contributed by atoms with Gasteiger partial charge in [0.15, 0.2) is 0 Å². The standard InChI is InChI=1S/C14H22N2O2/c1-11-6-7-13(15)12(10-11)14(18)16-8-4-2-3-5-9-17/h6-7,10,17H,2-5,8-9,15H2,1H3,(H,16,18). The summed E-state index contributed by atoms with van der Waals surface area (Å²) in [4.78, 5) is 11.9. The number of aliphatic hydroxyl groups excluding tert-OH is 1. The molecule has 0 aromatic heterocycles. The van der Waals surface area contributed by atoms with E-state index in [-0.39, 0.29) is 12.5 Å². The number of benzene rings is 1. The summed E-state index contributed by atoms with van der Waals surface area (Å²) in [5.74, 6) is -0.113. The Kier molecular flexibility index (Phi) is 6.22. The van der Waals surface area contributed by atoms with Crippen molar-refractivity contribution in [3.63, 3.8) is 0 Å². The quantitative estimate of drug-likeness (QED) is 0.510. The number of rotatable bonds is 7. The monoisotopic (exact) mass is 250 g/mol. The van der Waals surface area contributed by atoms with Gasteiger partial charge in [-0.15, -0.1) is 0 Å². The summed E-state index contributed by atoms with van der Waals surface area (Å²) in [6.07, 6.45) is 3.78. The lowest BCUT2D eigenvalue weighted by atomic mass is 10.1. The van der Waals surface area contributed by atoms with Crippen molar-refractivity contribution in [2.24, 2.45) is 0 Å². The Morgan fingerprint density at radius 3 is 2.72 bits per heavy atom. The third-order valence-corrected chi connectivity index (χ3v) is 2.82. The zero-order chi connectivity index (χ0) is 13.4. The van der Waals surface area contributed by atoms with Gasteiger partial charge in [0, 0.05) is 18.8 Å². The Morgan fingerprint density at radius 1 is 1.28 bits per heavy atom. The van der Waals surface area contributed by atoms with E-state index < -0.39 is 0 Å². The van der Waals surface area contributed by atoms with Crippen molar-refractivity contribution >= 4 is 11.6 Å². The predicted molar refractivity (Wildman–Crippen MR) is 73.5 cm³/mol. The van der Waals surface area contributed by atoms with Crippen LogP contribution in [0.3, 0.4) is 0 Å². The van der Waals surface area contributed by atoms with Crippen LogP contribution in [0, 0.1) is 6.92 Å². The molecule has 0 aliphatic carbocycles. The van der Waals surface area contributed by atoms with E-state index >= 15 is 0 Å². The summed E-state index contributed by atoms with van der Waals surface area (Å²) in [7, 11) is 0. The number of nitrogens with two attached hydrogens (primary N) is 1. The molecule has 0 aliphatic heterocycles. The predicted octanol–water partition coefficient (Wildman–Crippen LogP) is 1.86. The molecule has 4 nitrogen and oxygen atoms in total. The second-order valence-electron chi connectivity index (χ2n) is 4.48. The number of nitrogens with one attached hydrogen (secondary N) is 1. The van der Waals surface area contributed by atoms with Gasteiger partial charge in [0.05, 0.1) is 5.56 Å². The molecule has 0 saturated heterocycles. The zero-order valence-corrected chi connectivity index (χ0v) is 10.9. The van der Waals surface area contributed by atoms with Crippen LogP contribution in [0.15, 0.2) is 18.2 Å². The van der Waals surface area contributed by atoms with Crippen LogP contribution in [-0.2, 0) is 0 Å². The van der Waals surface area contributed by atoms with Crippen LogP contribution in [-0.4, -0.2) is 24.2 Å². The first-order valence-corrected chi connectivity index (χ1v) is 6.40. The maximum atomic E-state index is 11.9. The lowest BCUT2D eigenvalue weighted by Crippen LogP contribution is -2.25. The topological polar surface area (TPSA) is 75.4 Å². The highest BCUT2D eigenvalue weighted by atomic mass is 16.2. The first-order chi connectivity index (χ1) is 8.65. The summed E-state index contributed by atoms with van der Waals surface area (Å²) in [5, 5.41) is 11.5. The lowest BCUT2D eigenvalue weighted by molar-refractivity contribution is 0.0953. The molecule has 0 heterocycles. The highest BCUT2D eigenvalue weighted by molar-refractivity contribution is 5.99. The molecule has 100 valence electrons. The number of amides is 1. The second kappa shape index (κ2) is 7.71. The van der Waals surface area contributed by atoms with E-state index in [0.717, 1.165) is 31.2 Å². The van der Waals surface area contributed by atoms with Gasteiger partial charge in [-0.25, -0.2) is 0 Å². The molecule has 0 fully saturated rings. The minimum absolute atomic E-state index is 0.113. The zero-order valence-electron chi connectivity index (χ0n) is 10.9. The van der Waals surface area contributed by atoms with Crippen molar-refractivity contribution in [1.29, 1.82) is 0 Å². The van der Waals surface area contributed by atoms with Crippen molar-refractivity contribution in [1.82, 2.24) is 5.32 Å². The number of hydrogen-bond acceptors (Lipinski definition) is 3. The molecule has 0 bridgehead atoms. The van der Waals surface area contributed by atoms with Crippen molar-refractivity contribution in [3.05, 3.63) is 29.3 Å². The molecule has 1 amide bonds. The van der Waals surface area contributed by atoms with Gasteiger partial charge in [-0.05, 0) is 31.9 Å². The molecule has 0 unspecified atom stereocenters. The van der Waals surface area contributed by atoms with E-state index in [0.29, 0.717) is 17.8 Å². The molecule has 4 N–H and O–H groups in total. The molecule has 1 aromatic rings. The van der Waals surface area contributed by atoms with Gasteiger partial charge in [0.1, 0.15) is 0 Å². The van der Waals surface area contributed by atoms with E-state index in [1.807, 2.05) is 13.0 Å². The molecule has 1 rings (SSSR count). The van der Waals surface area contributed by atoms with Crippen molar-refractivity contribution < 1.29 is 9.90 Å². The maximum Gasteiger partial charge on any atom is 0.253 e. The first kappa shape index (κ1) is 14.5. The van der Waals surface area contributed by atoms with Crippen LogP contribution in [0.25, 0.3) is 0 Å². The smallest absolute Gasteiger partial charge is 0.253 e. The third kappa shape index (κ3) is 4.75. The highest BCUT2D eigenvalue weighted by Crippen LogP contribution is 2.13. The number of aliphatic hydroxyl groups is 1. The molecule has 0 atom stereocenters. The number of hydrogen-bond donors (Lipinski definition) is 3. The van der Waals surface area contributed by atoms with Crippen LogP contribution in [0.2, 0.25) is 0 Å². The summed E-state index contributed by atoms with van der Waals surface area (Å²) in [5.41, 5.74) is 7.86. The van der Waals surface area contributed by atoms with Crippen molar-refractivity contribution in [3.8, 4) is 0 Å². The summed E-state index contributed by atoms with van der Waals surface area (Å²) < 4.78 is 0. The number of nitrogen functional groups attached to an aromatic ring is 1. The average Bonchev–Trinajstić information content (AvgIpc) is 2.36. The van der Waals surface area contributed by atoms with Crippen LogP contribution in [0.4, 0.5) is 5.69 Å². The van der Waals surface area contributed by atoms with E-state index in [9.17, 15) is 4.79 Å². The van der Waals surface area contributed by atoms with Gasteiger partial charge in [-0.1, -0.05) is 24.5 Å². The Morgan fingerprint density at radius 2 is 2.00 bits per heavy atom. The number of carbonyl (C=O) groups is 1. The van der Waals surface area contributed by atoms with Gasteiger partial charge in [0.2, 0.25) is 0 Å². The average molecular weight is 250 g/mol. The largest absolute Gasteiger partial charge is 0.398 e. The minimum Gasteiger partial charge on any atom is -0.398 e. The SMILES string of the molecule is Cc1ccc(N)c(C(=O)NCCCCCCO)c1. The third-order valence-electron chi connectivity index (χ3n) is 2.82. The van der Waals surface area contributed by atoms with Crippen LogP contribution >= 0.6 is 0 Å². The Bertz CT molecular complexity index is 391. The fourth-order valence-electron chi connectivity index (χ4n) is 1.75. The molecule has 18 heavy (non-hydrogen) atoms. The van der Waals surface area contributed by atoms with Gasteiger partial charge in [0.25, 0.3) is 5.91 Å². The van der Waals surface area contributed by atoms with E-state index in [2.05, 4.69) is 5.32 Å². The maximum absolute atomic E-state index is 11.9. The lowest BCUT2D eigenvalue weighted by Gasteiger charge is -2.08. The van der Waals surface area contributed by atoms with Crippen molar-refractivity contribution in [2.45, 2.75) is 32.6 Å². The number of anilines is 1. The van der Waals surface area contributed by atoms with Gasteiger partial charge < -0.3 is 16.2 Å². The second-order valence-corrected chi connectivity index (χ2v) is 4.48. The molecule has 0 radical (unpaired) electrons. The first-order valence-electron chi connectivity index (χ1n) is 6.40. The molecular formula is C14H22N2O2. The van der Waals surface area contributed by atoms with Gasteiger partial charge >= 0.3 is 0 Å². The minimum atomic E-state index is -0.113. The van der Waals surface area contributed by atoms with Crippen LogP contribution < -0.4 is 11.1 Å². The number of carbonyl (C=O) groups excluding carboxylic acids is 1. The Hall–Kier alpha value is -1.55. The molecule has 1 aromatic carbocycles. The van der Waals surface area contributed by atoms with Gasteiger partial charge in [-0.3, -0.25) is 4.79 Å². The summed E-state index contributed by atoms with van der Waals surface area (Å²) in [6, 6.07) is 5.45. The highest BCUT2D eigenvalue weighted by Gasteiger charge is 2.08. The Labute approximate surface area is 108 Å². The molecule has 0 saturated carbocycles. The molecular weight excluding hydrogens is 228 g/mol. The van der Waals surface area contributed by atoms with Crippen molar-refractivity contribution in [2.75, 3.05) is 18.9 Å². The van der Waals surface area contributed by atoms with Gasteiger partial charge in [-0.2, -0.15) is 0 Å². The number of aryl methyl sites for hydroxylation is 1. The summed E-state index contributed by atoms with van der Waals surface area (Å²) >= 11 is 0. The molecule has 4 heteroatoms. The Balaban J connectivity index is 2.34. The van der Waals surface area contributed by atoms with Crippen LogP contribution in [0.1, 0.15) is 41.6 Å². The molecule has 0 aliphatic rings. The van der Waals surface area contributed by atoms with E-state index in [4.69, 9.17) is 10.8 Å². The normalized spacial score (nSPS) is 10.3. The fourth-order valence-corrected chi connectivity index (χ4v) is 1.75. The van der Waals surface area contributed by atoms with E-state index in [1.54, 1.807) is 12.1 Å². The number of unbranched alkanes of at least 4 members (excludes halogenated alkanes) is 3. The van der Waals surface area contributed by atoms with E-state index in [1.165, 1.54) is 0 Å². The molecule has 0 spiro atoms. The summed E-state index contributed by atoms with van der Waals surface area (Å²) in [6.45, 7) is 2.83.